The summed E-state index contributed by atoms with van der Waals surface area (Å²) in [7, 11) is 3.23. The number of hydrogen-bond donors (Lipinski definition) is 0. The van der Waals surface area contributed by atoms with E-state index in [9.17, 15) is 0 Å². The summed E-state index contributed by atoms with van der Waals surface area (Å²) in [5.74, 6) is 3.48. The first kappa shape index (κ1) is 13.6. The van der Waals surface area contributed by atoms with Gasteiger partial charge in [-0.2, -0.15) is 0 Å². The lowest BCUT2D eigenvalue weighted by molar-refractivity contribution is 0.132. The number of rotatable bonds is 4. The second-order valence-electron chi connectivity index (χ2n) is 6.24. The topological polar surface area (TPSA) is 53.5 Å². The van der Waals surface area contributed by atoms with E-state index < -0.39 is 0 Å². The van der Waals surface area contributed by atoms with Gasteiger partial charge in [0.25, 0.3) is 0 Å². The summed E-state index contributed by atoms with van der Waals surface area (Å²) < 4.78 is 16.7. The molecule has 4 rings (SSSR count). The zero-order valence-electron chi connectivity index (χ0n) is 12.9. The van der Waals surface area contributed by atoms with Gasteiger partial charge in [0, 0.05) is 12.1 Å². The lowest BCUT2D eigenvalue weighted by Gasteiger charge is -2.22. The summed E-state index contributed by atoms with van der Waals surface area (Å²) in [6.45, 7) is 0. The van der Waals surface area contributed by atoms with E-state index in [0.29, 0.717) is 29.4 Å². The van der Waals surface area contributed by atoms with Gasteiger partial charge < -0.3 is 14.2 Å². The highest BCUT2D eigenvalue weighted by Gasteiger charge is 2.41. The summed E-state index contributed by atoms with van der Waals surface area (Å²) in [5.41, 5.74) is 1.54. The van der Waals surface area contributed by atoms with Gasteiger partial charge in [-0.05, 0) is 37.5 Å². The molecule has 5 heteroatoms. The molecule has 0 N–H and O–H groups in total. The largest absolute Gasteiger partial charge is 0.493 e. The van der Waals surface area contributed by atoms with Gasteiger partial charge in [0.15, 0.2) is 11.5 Å². The van der Waals surface area contributed by atoms with Crippen LogP contribution in [0.3, 0.4) is 0 Å². The molecule has 1 aromatic carbocycles. The summed E-state index contributed by atoms with van der Waals surface area (Å²) >= 11 is 0. The van der Waals surface area contributed by atoms with Gasteiger partial charge in [-0.3, -0.25) is 0 Å². The Balaban J connectivity index is 1.62. The molecule has 2 aliphatic carbocycles. The highest BCUT2D eigenvalue weighted by atomic mass is 16.5. The average Bonchev–Trinajstić information content (AvgIpc) is 3.16. The van der Waals surface area contributed by atoms with Crippen molar-refractivity contribution in [2.45, 2.75) is 31.8 Å². The third kappa shape index (κ3) is 2.25. The monoisotopic (exact) mass is 300 g/mol. The number of hydrogen-bond acceptors (Lipinski definition) is 5. The predicted octanol–water partition coefficient (Wildman–Crippen LogP) is 3.21. The maximum Gasteiger partial charge on any atom is 0.233 e. The molecule has 2 bridgehead atoms. The Bertz CT molecular complexity index is 704. The minimum absolute atomic E-state index is 0.311. The Labute approximate surface area is 129 Å². The number of nitrogens with zero attached hydrogens (tertiary/aromatic N) is 2. The lowest BCUT2D eigenvalue weighted by Crippen LogP contribution is -2.23. The van der Waals surface area contributed by atoms with Crippen LogP contribution in [0.15, 0.2) is 18.3 Å². The molecule has 0 spiro atoms. The molecule has 1 aromatic heterocycles. The highest BCUT2D eigenvalue weighted by molar-refractivity contribution is 5.79. The summed E-state index contributed by atoms with van der Waals surface area (Å²) in [6.07, 6.45) is 7.16. The molecule has 2 aromatic rings. The third-order valence-corrected chi connectivity index (χ3v) is 4.97. The van der Waals surface area contributed by atoms with Crippen molar-refractivity contribution in [3.05, 3.63) is 18.3 Å². The minimum atomic E-state index is 0.311. The zero-order chi connectivity index (χ0) is 15.1. The third-order valence-electron chi connectivity index (χ3n) is 4.97. The molecule has 0 radical (unpaired) electrons. The van der Waals surface area contributed by atoms with Gasteiger partial charge in [0.1, 0.15) is 6.10 Å². The molecule has 0 unspecified atom stereocenters. The van der Waals surface area contributed by atoms with Crippen molar-refractivity contribution < 1.29 is 14.2 Å². The first-order valence-corrected chi connectivity index (χ1v) is 7.82. The van der Waals surface area contributed by atoms with Crippen LogP contribution in [0.2, 0.25) is 0 Å². The van der Waals surface area contributed by atoms with Crippen LogP contribution in [-0.4, -0.2) is 30.3 Å². The second-order valence-corrected chi connectivity index (χ2v) is 6.24. The van der Waals surface area contributed by atoms with E-state index in [4.69, 9.17) is 14.2 Å². The summed E-state index contributed by atoms with van der Waals surface area (Å²) in [4.78, 5) is 9.03. The molecule has 5 nitrogen and oxygen atoms in total. The second kappa shape index (κ2) is 5.30. The van der Waals surface area contributed by atoms with E-state index in [0.717, 1.165) is 23.4 Å². The molecule has 0 saturated heterocycles. The Morgan fingerprint density at radius 1 is 1.00 bits per heavy atom. The van der Waals surface area contributed by atoms with Crippen LogP contribution in [0.5, 0.6) is 17.4 Å². The van der Waals surface area contributed by atoms with E-state index in [1.807, 2.05) is 12.1 Å². The molecule has 0 aliphatic heterocycles. The summed E-state index contributed by atoms with van der Waals surface area (Å²) in [5, 5.41) is 0. The smallest absolute Gasteiger partial charge is 0.233 e. The Morgan fingerprint density at radius 3 is 2.41 bits per heavy atom. The van der Waals surface area contributed by atoms with Gasteiger partial charge in [0.05, 0.1) is 31.4 Å². The molecule has 22 heavy (non-hydrogen) atoms. The molecule has 3 atom stereocenters. The predicted molar refractivity (Wildman–Crippen MR) is 82.5 cm³/mol. The molecule has 0 amide bonds. The maximum atomic E-state index is 6.10. The Hall–Kier alpha value is -2.04. The van der Waals surface area contributed by atoms with Gasteiger partial charge in [0.2, 0.25) is 5.88 Å². The number of fused-ring (bicyclic) bond motifs is 3. The van der Waals surface area contributed by atoms with Crippen molar-refractivity contribution in [3.8, 4) is 17.4 Å². The van der Waals surface area contributed by atoms with Crippen LogP contribution in [-0.2, 0) is 0 Å². The Kier molecular flexibility index (Phi) is 3.28. The van der Waals surface area contributed by atoms with E-state index in [-0.39, 0.29) is 0 Å². The molecular formula is C17H20N2O3. The quantitative estimate of drug-likeness (QED) is 0.868. The molecule has 2 aliphatic rings. The standard InChI is InChI=1S/C17H20N2O3/c1-20-15-7-12-13(8-16(15)21-2)19-17(9-18-12)22-14-6-10-3-4-11(14)5-10/h7-11,14H,3-6H2,1-2H3/t10-,11+,14-/m1/s1. The van der Waals surface area contributed by atoms with E-state index in [1.165, 1.54) is 19.3 Å². The molecule has 1 heterocycles. The summed E-state index contributed by atoms with van der Waals surface area (Å²) in [6, 6.07) is 3.68. The van der Waals surface area contributed by atoms with Gasteiger partial charge in [-0.25, -0.2) is 9.97 Å². The minimum Gasteiger partial charge on any atom is -0.493 e. The maximum absolute atomic E-state index is 6.10. The van der Waals surface area contributed by atoms with Crippen LogP contribution in [0, 0.1) is 11.8 Å². The first-order chi connectivity index (χ1) is 10.8. The van der Waals surface area contributed by atoms with Crippen molar-refractivity contribution in [2.75, 3.05) is 14.2 Å². The molecular weight excluding hydrogens is 280 g/mol. The average molecular weight is 300 g/mol. The van der Waals surface area contributed by atoms with E-state index in [2.05, 4.69) is 9.97 Å². The van der Waals surface area contributed by atoms with Crippen LogP contribution in [0.4, 0.5) is 0 Å². The fraction of sp³-hybridized carbons (Fsp3) is 0.529. The van der Waals surface area contributed by atoms with Crippen molar-refractivity contribution in [1.82, 2.24) is 9.97 Å². The molecule has 2 fully saturated rings. The van der Waals surface area contributed by atoms with Crippen LogP contribution >= 0.6 is 0 Å². The zero-order valence-corrected chi connectivity index (χ0v) is 12.9. The SMILES string of the molecule is COc1cc2ncc(O[C@@H]3C[C@@H]4CC[C@H]3C4)nc2cc1OC. The molecule has 2 saturated carbocycles. The lowest BCUT2D eigenvalue weighted by atomic mass is 9.98. The fourth-order valence-electron chi connectivity index (χ4n) is 3.87. The van der Waals surface area contributed by atoms with E-state index >= 15 is 0 Å². The van der Waals surface area contributed by atoms with Gasteiger partial charge >= 0.3 is 0 Å². The van der Waals surface area contributed by atoms with Crippen molar-refractivity contribution >= 4 is 11.0 Å². The first-order valence-electron chi connectivity index (χ1n) is 7.82. The van der Waals surface area contributed by atoms with Crippen LogP contribution in [0.25, 0.3) is 11.0 Å². The number of methoxy groups -OCH3 is 2. The number of aromatic nitrogens is 2. The molecule has 116 valence electrons. The normalized spacial score (nSPS) is 26.4. The van der Waals surface area contributed by atoms with Gasteiger partial charge in [-0.15, -0.1) is 0 Å². The fourth-order valence-corrected chi connectivity index (χ4v) is 3.87. The van der Waals surface area contributed by atoms with E-state index in [1.54, 1.807) is 20.4 Å². The Morgan fingerprint density at radius 2 is 1.77 bits per heavy atom. The van der Waals surface area contributed by atoms with Gasteiger partial charge in [-0.1, -0.05) is 0 Å². The van der Waals surface area contributed by atoms with Crippen LogP contribution in [0.1, 0.15) is 25.7 Å². The van der Waals surface area contributed by atoms with Crippen LogP contribution < -0.4 is 14.2 Å². The highest BCUT2D eigenvalue weighted by Crippen LogP contribution is 2.45. The van der Waals surface area contributed by atoms with Crippen molar-refractivity contribution in [1.29, 1.82) is 0 Å². The van der Waals surface area contributed by atoms with Crippen molar-refractivity contribution in [2.24, 2.45) is 11.8 Å². The van der Waals surface area contributed by atoms with Crippen molar-refractivity contribution in [3.63, 3.8) is 0 Å². The number of ether oxygens (including phenoxy) is 3. The number of benzene rings is 1.